The van der Waals surface area contributed by atoms with Crippen molar-refractivity contribution in [2.45, 2.75) is 37.6 Å². The second-order valence-electron chi connectivity index (χ2n) is 7.40. The number of rotatable bonds is 4. The molecule has 1 aliphatic heterocycles. The molecule has 1 aliphatic carbocycles. The molecule has 0 saturated heterocycles. The van der Waals surface area contributed by atoms with Crippen molar-refractivity contribution in [1.82, 2.24) is 0 Å². The molecule has 29 heavy (non-hydrogen) atoms. The quantitative estimate of drug-likeness (QED) is 0.776. The predicted molar refractivity (Wildman–Crippen MR) is 110 cm³/mol. The molecule has 2 aliphatic rings. The number of nitrogens with zero attached hydrogens (tertiary/aromatic N) is 1. The van der Waals surface area contributed by atoms with Crippen molar-refractivity contribution < 1.29 is 19.1 Å². The molecule has 2 amide bonds. The first kappa shape index (κ1) is 19.5. The van der Waals surface area contributed by atoms with Crippen LogP contribution in [0.5, 0.6) is 0 Å². The molecule has 0 aromatic heterocycles. The lowest BCUT2D eigenvalue weighted by molar-refractivity contribution is -0.147. The Labute approximate surface area is 173 Å². The van der Waals surface area contributed by atoms with E-state index in [4.69, 9.17) is 16.3 Å². The normalized spacial score (nSPS) is 17.0. The highest BCUT2D eigenvalue weighted by Gasteiger charge is 2.52. The topological polar surface area (TPSA) is 75.7 Å². The van der Waals surface area contributed by atoms with Crippen molar-refractivity contribution in [3.8, 4) is 0 Å². The Hall–Kier alpha value is -2.86. The summed E-state index contributed by atoms with van der Waals surface area (Å²) in [5.74, 6) is -1.07. The first-order valence-electron chi connectivity index (χ1n) is 9.63. The smallest absolute Gasteiger partial charge is 0.310 e. The maximum Gasteiger partial charge on any atom is 0.310 e. The zero-order valence-electron chi connectivity index (χ0n) is 15.8. The zero-order valence-corrected chi connectivity index (χ0v) is 16.6. The lowest BCUT2D eigenvalue weighted by Gasteiger charge is -2.44. The lowest BCUT2D eigenvalue weighted by Crippen LogP contribution is -2.61. The van der Waals surface area contributed by atoms with E-state index >= 15 is 0 Å². The van der Waals surface area contributed by atoms with Gasteiger partial charge in [0.25, 0.3) is 11.8 Å². The fourth-order valence-corrected chi connectivity index (χ4v) is 4.28. The van der Waals surface area contributed by atoms with Gasteiger partial charge in [-0.1, -0.05) is 48.7 Å². The number of esters is 1. The first-order valence-corrected chi connectivity index (χ1v) is 10.0. The molecule has 1 saturated carbocycles. The molecule has 0 radical (unpaired) electrons. The summed E-state index contributed by atoms with van der Waals surface area (Å²) >= 11 is 5.85. The number of carbonyl (C=O) groups excluding carboxylic acids is 3. The van der Waals surface area contributed by atoms with Crippen LogP contribution in [0.2, 0.25) is 5.02 Å². The van der Waals surface area contributed by atoms with Gasteiger partial charge < -0.3 is 10.1 Å². The molecule has 1 heterocycles. The van der Waals surface area contributed by atoms with Crippen LogP contribution >= 0.6 is 11.6 Å². The summed E-state index contributed by atoms with van der Waals surface area (Å²) in [4.78, 5) is 39.7. The highest BCUT2D eigenvalue weighted by molar-refractivity contribution is 6.30. The number of carbonyl (C=O) groups is 3. The summed E-state index contributed by atoms with van der Waals surface area (Å²) in [5, 5.41) is 3.51. The molecule has 150 valence electrons. The number of halogens is 1. The zero-order chi connectivity index (χ0) is 20.4. The fraction of sp³-hybridized carbons (Fsp3) is 0.318. The van der Waals surface area contributed by atoms with Gasteiger partial charge in [0, 0.05) is 5.02 Å². The number of benzene rings is 2. The molecule has 1 N–H and O–H groups in total. The molecule has 1 fully saturated rings. The van der Waals surface area contributed by atoms with E-state index in [9.17, 15) is 14.4 Å². The minimum Gasteiger partial charge on any atom is -0.455 e. The van der Waals surface area contributed by atoms with E-state index in [0.717, 1.165) is 18.4 Å². The second kappa shape index (κ2) is 7.87. The average molecular weight is 413 g/mol. The summed E-state index contributed by atoms with van der Waals surface area (Å²) in [6.07, 6.45) is 2.98. The molecule has 0 unspecified atom stereocenters. The number of ether oxygens (including phenoxy) is 1. The number of amides is 2. The third kappa shape index (κ3) is 3.72. The largest absolute Gasteiger partial charge is 0.455 e. The van der Waals surface area contributed by atoms with Crippen LogP contribution in [-0.2, 0) is 25.5 Å². The van der Waals surface area contributed by atoms with Crippen LogP contribution in [0.15, 0.2) is 48.5 Å². The van der Waals surface area contributed by atoms with Gasteiger partial charge >= 0.3 is 5.97 Å². The third-order valence-corrected chi connectivity index (χ3v) is 5.79. The van der Waals surface area contributed by atoms with Gasteiger partial charge in [-0.15, -0.1) is 0 Å². The van der Waals surface area contributed by atoms with Gasteiger partial charge in [-0.25, -0.2) is 0 Å². The van der Waals surface area contributed by atoms with Crippen LogP contribution in [0.25, 0.3) is 0 Å². The first-order chi connectivity index (χ1) is 14.0. The monoisotopic (exact) mass is 412 g/mol. The molecule has 7 heteroatoms. The molecular weight excluding hydrogens is 392 g/mol. The number of hydrogen-bond donors (Lipinski definition) is 1. The standard InChI is InChI=1S/C22H21ClN2O4/c23-16-9-7-15(8-10-16)13-20(27)29-14-19(26)25-18-6-2-1-5-17(18)24-21(28)22(25)11-3-4-12-22/h1-2,5-10H,3-4,11-14H2,(H,24,28). The predicted octanol–water partition coefficient (Wildman–Crippen LogP) is 3.72. The lowest BCUT2D eigenvalue weighted by atomic mass is 9.90. The maximum atomic E-state index is 13.1. The Bertz CT molecular complexity index is 952. The Kier molecular flexibility index (Phi) is 5.28. The Balaban J connectivity index is 1.50. The van der Waals surface area contributed by atoms with E-state index in [-0.39, 0.29) is 12.3 Å². The molecule has 0 atom stereocenters. The van der Waals surface area contributed by atoms with Crippen LogP contribution in [0.4, 0.5) is 11.4 Å². The highest BCUT2D eigenvalue weighted by atomic mass is 35.5. The van der Waals surface area contributed by atoms with E-state index in [1.165, 1.54) is 0 Å². The van der Waals surface area contributed by atoms with Crippen molar-refractivity contribution in [3.05, 3.63) is 59.1 Å². The third-order valence-electron chi connectivity index (χ3n) is 5.54. The molecule has 2 aromatic carbocycles. The molecule has 4 rings (SSSR count). The van der Waals surface area contributed by atoms with Gasteiger partial charge in [-0.3, -0.25) is 19.3 Å². The van der Waals surface area contributed by atoms with Gasteiger partial charge in [0.1, 0.15) is 5.54 Å². The van der Waals surface area contributed by atoms with E-state index in [0.29, 0.717) is 29.2 Å². The number of anilines is 2. The molecule has 0 bridgehead atoms. The summed E-state index contributed by atoms with van der Waals surface area (Å²) < 4.78 is 5.25. The van der Waals surface area contributed by atoms with Gasteiger partial charge in [0.05, 0.1) is 17.8 Å². The number of nitrogens with one attached hydrogen (secondary N) is 1. The molecule has 1 spiro atoms. The van der Waals surface area contributed by atoms with E-state index < -0.39 is 24.0 Å². The van der Waals surface area contributed by atoms with Crippen molar-refractivity contribution in [1.29, 1.82) is 0 Å². The van der Waals surface area contributed by atoms with E-state index in [2.05, 4.69) is 5.32 Å². The van der Waals surface area contributed by atoms with Crippen LogP contribution < -0.4 is 10.2 Å². The Morgan fingerprint density at radius 2 is 1.76 bits per heavy atom. The van der Waals surface area contributed by atoms with E-state index in [1.807, 2.05) is 12.1 Å². The van der Waals surface area contributed by atoms with Crippen molar-refractivity contribution in [3.63, 3.8) is 0 Å². The summed E-state index contributed by atoms with van der Waals surface area (Å²) in [7, 11) is 0. The van der Waals surface area contributed by atoms with Gasteiger partial charge in [-0.2, -0.15) is 0 Å². The average Bonchev–Trinajstić information content (AvgIpc) is 3.19. The van der Waals surface area contributed by atoms with Gasteiger partial charge in [-0.05, 0) is 42.7 Å². The van der Waals surface area contributed by atoms with E-state index in [1.54, 1.807) is 41.3 Å². The van der Waals surface area contributed by atoms with Gasteiger partial charge in [0.15, 0.2) is 6.61 Å². The van der Waals surface area contributed by atoms with Crippen LogP contribution in [0.3, 0.4) is 0 Å². The van der Waals surface area contributed by atoms with Crippen molar-refractivity contribution in [2.75, 3.05) is 16.8 Å². The number of para-hydroxylation sites is 2. The van der Waals surface area contributed by atoms with Crippen LogP contribution in [0, 0.1) is 0 Å². The maximum absolute atomic E-state index is 13.1. The molecule has 6 nitrogen and oxygen atoms in total. The Morgan fingerprint density at radius 1 is 1.07 bits per heavy atom. The molecular formula is C22H21ClN2O4. The molecule has 2 aromatic rings. The fourth-order valence-electron chi connectivity index (χ4n) is 4.16. The summed E-state index contributed by atoms with van der Waals surface area (Å²) in [5.41, 5.74) is 1.08. The van der Waals surface area contributed by atoms with Crippen molar-refractivity contribution in [2.24, 2.45) is 0 Å². The minimum atomic E-state index is -0.909. The summed E-state index contributed by atoms with van der Waals surface area (Å²) in [6.45, 7) is -0.407. The number of fused-ring (bicyclic) bond motifs is 1. The van der Waals surface area contributed by atoms with Crippen molar-refractivity contribution >= 4 is 40.8 Å². The SMILES string of the molecule is O=C(Cc1ccc(Cl)cc1)OCC(=O)N1c2ccccc2NC(=O)C12CCCC2. The minimum absolute atomic E-state index is 0.0483. The number of hydrogen-bond acceptors (Lipinski definition) is 4. The van der Waals surface area contributed by atoms with Crippen LogP contribution in [0.1, 0.15) is 31.2 Å². The second-order valence-corrected chi connectivity index (χ2v) is 7.84. The van der Waals surface area contributed by atoms with Gasteiger partial charge in [0.2, 0.25) is 0 Å². The Morgan fingerprint density at radius 3 is 2.48 bits per heavy atom. The highest BCUT2D eigenvalue weighted by Crippen LogP contribution is 2.45. The summed E-state index contributed by atoms with van der Waals surface area (Å²) in [6, 6.07) is 14.1. The van der Waals surface area contributed by atoms with Crippen LogP contribution in [-0.4, -0.2) is 29.9 Å².